The topological polar surface area (TPSA) is 18.5 Å². The fraction of sp³-hybridized carbons (Fsp3) is 1.00. The molecule has 0 heterocycles. The van der Waals surface area contributed by atoms with Crippen molar-refractivity contribution in [3.05, 3.63) is 0 Å². The van der Waals surface area contributed by atoms with E-state index in [1.165, 1.54) is 0 Å². The first-order valence-electron chi connectivity index (χ1n) is 6.07. The van der Waals surface area contributed by atoms with Gasteiger partial charge < -0.3 is 0 Å². The molecule has 0 rings (SSSR count). The molecule has 0 aliphatic heterocycles. The van der Waals surface area contributed by atoms with Gasteiger partial charge in [0.1, 0.15) is 11.2 Å². The number of hydrogen-bond acceptors (Lipinski definition) is 2. The van der Waals surface area contributed by atoms with Crippen LogP contribution in [0, 0.1) is 10.8 Å². The van der Waals surface area contributed by atoms with Gasteiger partial charge in [0, 0.05) is 0 Å². The lowest BCUT2D eigenvalue weighted by Gasteiger charge is -2.43. The van der Waals surface area contributed by atoms with Crippen LogP contribution in [-0.4, -0.2) is 11.2 Å². The van der Waals surface area contributed by atoms with Gasteiger partial charge in [0.2, 0.25) is 0 Å². The van der Waals surface area contributed by atoms with Gasteiger partial charge in [-0.2, -0.15) is 0 Å². The molecule has 0 unspecified atom stereocenters. The van der Waals surface area contributed by atoms with Gasteiger partial charge in [0.25, 0.3) is 0 Å². The summed E-state index contributed by atoms with van der Waals surface area (Å²) in [6.45, 7) is 21.2. The predicted octanol–water partition coefficient (Wildman–Crippen LogP) is 4.58. The SMILES string of the molecule is CC(C)(C)C(C)(C)OOC(C)(C)C(C)(C)C. The third-order valence-electron chi connectivity index (χ3n) is 4.07. The quantitative estimate of drug-likeness (QED) is 0.522. The lowest BCUT2D eigenvalue weighted by atomic mass is 9.79. The highest BCUT2D eigenvalue weighted by atomic mass is 17.2. The third-order valence-corrected chi connectivity index (χ3v) is 4.07. The Morgan fingerprint density at radius 1 is 0.438 bits per heavy atom. The van der Waals surface area contributed by atoms with Gasteiger partial charge >= 0.3 is 0 Å². The van der Waals surface area contributed by atoms with E-state index in [0.717, 1.165) is 0 Å². The van der Waals surface area contributed by atoms with Gasteiger partial charge in [-0.05, 0) is 38.5 Å². The van der Waals surface area contributed by atoms with E-state index in [2.05, 4.69) is 69.2 Å². The first kappa shape index (κ1) is 15.9. The summed E-state index contributed by atoms with van der Waals surface area (Å²) in [5, 5.41) is 0. The summed E-state index contributed by atoms with van der Waals surface area (Å²) in [5.74, 6) is 0. The largest absolute Gasteiger partial charge is 0.230 e. The fourth-order valence-corrected chi connectivity index (χ4v) is 0.458. The Labute approximate surface area is 102 Å². The molecule has 2 heteroatoms. The predicted molar refractivity (Wildman–Crippen MR) is 69.2 cm³/mol. The van der Waals surface area contributed by atoms with Gasteiger partial charge in [-0.3, -0.25) is 0 Å². The smallest absolute Gasteiger partial charge is 0.103 e. The maximum atomic E-state index is 5.69. The molecule has 0 atom stereocenters. The van der Waals surface area contributed by atoms with E-state index in [-0.39, 0.29) is 22.0 Å². The molecule has 0 N–H and O–H groups in total. The Bertz CT molecular complexity index is 200. The lowest BCUT2D eigenvalue weighted by molar-refractivity contribution is -0.430. The second-order valence-electron chi connectivity index (χ2n) is 7.69. The van der Waals surface area contributed by atoms with Crippen LogP contribution in [0.5, 0.6) is 0 Å². The maximum Gasteiger partial charge on any atom is 0.103 e. The summed E-state index contributed by atoms with van der Waals surface area (Å²) >= 11 is 0. The van der Waals surface area contributed by atoms with Crippen LogP contribution in [0.4, 0.5) is 0 Å². The van der Waals surface area contributed by atoms with Crippen LogP contribution in [0.3, 0.4) is 0 Å². The van der Waals surface area contributed by atoms with Gasteiger partial charge in [-0.25, -0.2) is 9.78 Å². The Kier molecular flexibility index (Phi) is 4.28. The molecule has 0 amide bonds. The average Bonchev–Trinajstić information content (AvgIpc) is 1.97. The molecule has 0 aromatic carbocycles. The summed E-state index contributed by atoms with van der Waals surface area (Å²) in [6.07, 6.45) is 0. The van der Waals surface area contributed by atoms with Crippen molar-refractivity contribution < 1.29 is 9.78 Å². The zero-order valence-electron chi connectivity index (χ0n) is 12.8. The zero-order valence-corrected chi connectivity index (χ0v) is 12.8. The lowest BCUT2D eigenvalue weighted by Crippen LogP contribution is -2.46. The van der Waals surface area contributed by atoms with E-state index < -0.39 is 0 Å². The monoisotopic (exact) mass is 230 g/mol. The first-order valence-corrected chi connectivity index (χ1v) is 6.07. The van der Waals surface area contributed by atoms with E-state index in [1.54, 1.807) is 0 Å². The van der Waals surface area contributed by atoms with Gasteiger partial charge in [-0.1, -0.05) is 41.5 Å². The molecular weight excluding hydrogens is 200 g/mol. The van der Waals surface area contributed by atoms with Crippen LogP contribution in [0.1, 0.15) is 69.2 Å². The van der Waals surface area contributed by atoms with Crippen LogP contribution < -0.4 is 0 Å². The highest BCUT2D eigenvalue weighted by molar-refractivity contribution is 4.85. The first-order chi connectivity index (χ1) is 6.71. The third kappa shape index (κ3) is 3.74. The fourth-order valence-electron chi connectivity index (χ4n) is 0.458. The standard InChI is InChI=1S/C14H30O2/c1-11(2,3)13(7,8)15-16-14(9,10)12(4,5)6/h1-10H3. The molecule has 0 radical (unpaired) electrons. The van der Waals surface area contributed by atoms with E-state index >= 15 is 0 Å². The molecule has 0 aromatic rings. The summed E-state index contributed by atoms with van der Waals surface area (Å²) in [5.41, 5.74) is -0.535. The number of hydrogen-bond donors (Lipinski definition) is 0. The Balaban J connectivity index is 4.59. The second kappa shape index (κ2) is 4.30. The van der Waals surface area contributed by atoms with Crippen molar-refractivity contribution in [2.75, 3.05) is 0 Å². The molecule has 0 aliphatic rings. The molecule has 16 heavy (non-hydrogen) atoms. The van der Waals surface area contributed by atoms with Crippen molar-refractivity contribution in [3.8, 4) is 0 Å². The van der Waals surface area contributed by atoms with Gasteiger partial charge in [0.05, 0.1) is 0 Å². The van der Waals surface area contributed by atoms with Crippen LogP contribution in [0.25, 0.3) is 0 Å². The van der Waals surface area contributed by atoms with E-state index in [0.29, 0.717) is 0 Å². The molecule has 0 aliphatic carbocycles. The minimum absolute atomic E-state index is 0.0426. The van der Waals surface area contributed by atoms with Crippen LogP contribution in [0.15, 0.2) is 0 Å². The van der Waals surface area contributed by atoms with E-state index in [9.17, 15) is 0 Å². The summed E-state index contributed by atoms with van der Waals surface area (Å²) in [6, 6.07) is 0. The van der Waals surface area contributed by atoms with Crippen molar-refractivity contribution in [3.63, 3.8) is 0 Å². The molecule has 98 valence electrons. The number of rotatable bonds is 3. The second-order valence-corrected chi connectivity index (χ2v) is 7.69. The normalized spacial score (nSPS) is 15.4. The molecular formula is C14H30O2. The highest BCUT2D eigenvalue weighted by Crippen LogP contribution is 2.38. The summed E-state index contributed by atoms with van der Waals surface area (Å²) in [7, 11) is 0. The van der Waals surface area contributed by atoms with Crippen molar-refractivity contribution in [1.82, 2.24) is 0 Å². The Morgan fingerprint density at radius 3 is 0.750 bits per heavy atom. The summed E-state index contributed by atoms with van der Waals surface area (Å²) < 4.78 is 0. The molecule has 0 saturated carbocycles. The molecule has 0 spiro atoms. The minimum Gasteiger partial charge on any atom is -0.230 e. The Hall–Kier alpha value is -0.0800. The Morgan fingerprint density at radius 2 is 0.625 bits per heavy atom. The summed E-state index contributed by atoms with van der Waals surface area (Å²) in [4.78, 5) is 11.4. The zero-order chi connectivity index (χ0) is 13.4. The van der Waals surface area contributed by atoms with Crippen LogP contribution in [0.2, 0.25) is 0 Å². The van der Waals surface area contributed by atoms with Crippen molar-refractivity contribution in [2.45, 2.75) is 80.4 Å². The van der Waals surface area contributed by atoms with Crippen molar-refractivity contribution >= 4 is 0 Å². The van der Waals surface area contributed by atoms with Gasteiger partial charge in [-0.15, -0.1) is 0 Å². The maximum absolute atomic E-state index is 5.69. The molecule has 0 bridgehead atoms. The van der Waals surface area contributed by atoms with Gasteiger partial charge in [0.15, 0.2) is 0 Å². The molecule has 2 nitrogen and oxygen atoms in total. The molecule has 0 saturated heterocycles. The van der Waals surface area contributed by atoms with E-state index in [1.807, 2.05) is 0 Å². The minimum atomic E-state index is -0.310. The van der Waals surface area contributed by atoms with Crippen LogP contribution in [-0.2, 0) is 9.78 Å². The highest BCUT2D eigenvalue weighted by Gasteiger charge is 2.40. The average molecular weight is 230 g/mol. The van der Waals surface area contributed by atoms with Crippen molar-refractivity contribution in [1.29, 1.82) is 0 Å². The molecule has 0 fully saturated rings. The molecule has 0 aromatic heterocycles. The van der Waals surface area contributed by atoms with E-state index in [4.69, 9.17) is 9.78 Å². The van der Waals surface area contributed by atoms with Crippen molar-refractivity contribution in [2.24, 2.45) is 10.8 Å². The van der Waals surface area contributed by atoms with Crippen LogP contribution >= 0.6 is 0 Å².